The summed E-state index contributed by atoms with van der Waals surface area (Å²) in [5.74, 6) is 0.0838. The van der Waals surface area contributed by atoms with Crippen molar-refractivity contribution >= 4 is 5.91 Å². The van der Waals surface area contributed by atoms with Gasteiger partial charge in [0.2, 0.25) is 5.91 Å². The number of methoxy groups -OCH3 is 1. The molecule has 0 aromatic rings. The number of nitrogens with one attached hydrogen (secondary N) is 2. The summed E-state index contributed by atoms with van der Waals surface area (Å²) in [7, 11) is 1.60. The maximum Gasteiger partial charge on any atom is 0.227 e. The lowest BCUT2D eigenvalue weighted by atomic mass is 9.83. The zero-order chi connectivity index (χ0) is 12.7. The van der Waals surface area contributed by atoms with E-state index < -0.39 is 0 Å². The molecule has 0 saturated carbocycles. The van der Waals surface area contributed by atoms with Crippen molar-refractivity contribution in [3.63, 3.8) is 0 Å². The van der Waals surface area contributed by atoms with E-state index in [2.05, 4.69) is 10.6 Å². The Bertz CT molecular complexity index is 234. The standard InChI is InChI=1S/C12H24N2O3/c1-3-12(5-6-13-9-12)11(16)14-10(4-7-15)8-17-2/h10,13,15H,3-9H2,1-2H3,(H,14,16). The molecule has 1 saturated heterocycles. The highest BCUT2D eigenvalue weighted by molar-refractivity contribution is 5.83. The van der Waals surface area contributed by atoms with Gasteiger partial charge in [0.05, 0.1) is 18.1 Å². The van der Waals surface area contributed by atoms with Gasteiger partial charge in [0, 0.05) is 20.3 Å². The van der Waals surface area contributed by atoms with Crippen molar-refractivity contribution in [2.45, 2.75) is 32.2 Å². The molecule has 2 atom stereocenters. The molecule has 100 valence electrons. The average molecular weight is 244 g/mol. The molecule has 1 aliphatic heterocycles. The molecule has 1 rings (SSSR count). The smallest absolute Gasteiger partial charge is 0.227 e. The van der Waals surface area contributed by atoms with Gasteiger partial charge in [-0.15, -0.1) is 0 Å². The summed E-state index contributed by atoms with van der Waals surface area (Å²) in [6.07, 6.45) is 2.26. The molecule has 2 unspecified atom stereocenters. The number of amides is 1. The SMILES string of the molecule is CCC1(C(=O)NC(CCO)COC)CCNC1. The topological polar surface area (TPSA) is 70.6 Å². The van der Waals surface area contributed by atoms with Gasteiger partial charge in [-0.25, -0.2) is 0 Å². The minimum absolute atomic E-state index is 0.0612. The van der Waals surface area contributed by atoms with Crippen LogP contribution in [-0.4, -0.2) is 50.5 Å². The summed E-state index contributed by atoms with van der Waals surface area (Å²) in [6, 6.07) is -0.0958. The lowest BCUT2D eigenvalue weighted by molar-refractivity contribution is -0.131. The summed E-state index contributed by atoms with van der Waals surface area (Å²) < 4.78 is 5.05. The van der Waals surface area contributed by atoms with Crippen LogP contribution < -0.4 is 10.6 Å². The first-order valence-electron chi connectivity index (χ1n) is 6.30. The zero-order valence-corrected chi connectivity index (χ0v) is 10.8. The van der Waals surface area contributed by atoms with Crippen LogP contribution in [0.25, 0.3) is 0 Å². The number of aliphatic hydroxyl groups is 1. The van der Waals surface area contributed by atoms with Crippen molar-refractivity contribution in [2.75, 3.05) is 33.4 Å². The van der Waals surface area contributed by atoms with Crippen molar-refractivity contribution in [1.29, 1.82) is 0 Å². The summed E-state index contributed by atoms with van der Waals surface area (Å²) in [5, 5.41) is 15.2. The van der Waals surface area contributed by atoms with E-state index in [9.17, 15) is 4.79 Å². The summed E-state index contributed by atoms with van der Waals surface area (Å²) in [6.45, 7) is 4.19. The Morgan fingerprint density at radius 3 is 2.88 bits per heavy atom. The Kier molecular flexibility index (Phi) is 5.88. The van der Waals surface area contributed by atoms with Crippen LogP contribution in [0.5, 0.6) is 0 Å². The minimum atomic E-state index is -0.276. The number of hydrogen-bond acceptors (Lipinski definition) is 4. The lowest BCUT2D eigenvalue weighted by Crippen LogP contribution is -2.48. The Morgan fingerprint density at radius 1 is 1.65 bits per heavy atom. The largest absolute Gasteiger partial charge is 0.396 e. The number of carbonyl (C=O) groups excluding carboxylic acids is 1. The molecule has 17 heavy (non-hydrogen) atoms. The summed E-state index contributed by atoms with van der Waals surface area (Å²) in [4.78, 5) is 12.3. The predicted octanol–water partition coefficient (Wildman–Crippen LogP) is -0.110. The molecule has 0 radical (unpaired) electrons. The number of carbonyl (C=O) groups is 1. The van der Waals surface area contributed by atoms with Crippen LogP contribution in [-0.2, 0) is 9.53 Å². The average Bonchev–Trinajstić information content (AvgIpc) is 2.79. The molecule has 1 fully saturated rings. The highest BCUT2D eigenvalue weighted by atomic mass is 16.5. The highest BCUT2D eigenvalue weighted by Crippen LogP contribution is 2.29. The molecule has 5 nitrogen and oxygen atoms in total. The molecular formula is C12H24N2O3. The van der Waals surface area contributed by atoms with Gasteiger partial charge in [-0.3, -0.25) is 4.79 Å². The molecule has 5 heteroatoms. The van der Waals surface area contributed by atoms with Crippen LogP contribution in [0, 0.1) is 5.41 Å². The highest BCUT2D eigenvalue weighted by Gasteiger charge is 2.39. The maximum atomic E-state index is 12.3. The van der Waals surface area contributed by atoms with Crippen molar-refractivity contribution in [3.8, 4) is 0 Å². The molecular weight excluding hydrogens is 220 g/mol. The summed E-state index contributed by atoms with van der Waals surface area (Å²) in [5.41, 5.74) is -0.276. The van der Waals surface area contributed by atoms with Crippen LogP contribution in [0.4, 0.5) is 0 Å². The van der Waals surface area contributed by atoms with E-state index in [1.165, 1.54) is 0 Å². The third kappa shape index (κ3) is 3.66. The van der Waals surface area contributed by atoms with Gasteiger partial charge in [0.15, 0.2) is 0 Å². The monoisotopic (exact) mass is 244 g/mol. The van der Waals surface area contributed by atoms with Gasteiger partial charge in [-0.2, -0.15) is 0 Å². The molecule has 1 amide bonds. The van der Waals surface area contributed by atoms with Gasteiger partial charge in [0.1, 0.15) is 0 Å². The molecule has 0 spiro atoms. The van der Waals surface area contributed by atoms with E-state index in [0.717, 1.165) is 25.9 Å². The molecule has 0 bridgehead atoms. The van der Waals surface area contributed by atoms with Crippen molar-refractivity contribution in [1.82, 2.24) is 10.6 Å². The van der Waals surface area contributed by atoms with Crippen LogP contribution >= 0.6 is 0 Å². The normalized spacial score (nSPS) is 25.8. The fourth-order valence-electron chi connectivity index (χ4n) is 2.29. The van der Waals surface area contributed by atoms with Crippen LogP contribution in [0.1, 0.15) is 26.2 Å². The predicted molar refractivity (Wildman–Crippen MR) is 65.7 cm³/mol. The number of hydrogen-bond donors (Lipinski definition) is 3. The van der Waals surface area contributed by atoms with E-state index in [1.807, 2.05) is 6.92 Å². The minimum Gasteiger partial charge on any atom is -0.396 e. The van der Waals surface area contributed by atoms with E-state index in [0.29, 0.717) is 13.0 Å². The van der Waals surface area contributed by atoms with Crippen LogP contribution in [0.3, 0.4) is 0 Å². The van der Waals surface area contributed by atoms with E-state index in [1.54, 1.807) is 7.11 Å². The van der Waals surface area contributed by atoms with Crippen molar-refractivity contribution in [3.05, 3.63) is 0 Å². The van der Waals surface area contributed by atoms with Crippen molar-refractivity contribution in [2.24, 2.45) is 5.41 Å². The molecule has 0 aromatic heterocycles. The van der Waals surface area contributed by atoms with Gasteiger partial charge in [0.25, 0.3) is 0 Å². The van der Waals surface area contributed by atoms with Crippen molar-refractivity contribution < 1.29 is 14.6 Å². The Hall–Kier alpha value is -0.650. The number of ether oxygens (including phenoxy) is 1. The first-order chi connectivity index (χ1) is 8.18. The number of rotatable bonds is 7. The van der Waals surface area contributed by atoms with E-state index in [4.69, 9.17) is 9.84 Å². The second-order valence-electron chi connectivity index (χ2n) is 4.70. The fourth-order valence-corrected chi connectivity index (χ4v) is 2.29. The van der Waals surface area contributed by atoms with Crippen LogP contribution in [0.2, 0.25) is 0 Å². The molecule has 1 aliphatic rings. The first-order valence-corrected chi connectivity index (χ1v) is 6.30. The van der Waals surface area contributed by atoms with Gasteiger partial charge >= 0.3 is 0 Å². The third-order valence-corrected chi connectivity index (χ3v) is 3.58. The first kappa shape index (κ1) is 14.4. The molecule has 3 N–H and O–H groups in total. The summed E-state index contributed by atoms with van der Waals surface area (Å²) >= 11 is 0. The molecule has 1 heterocycles. The van der Waals surface area contributed by atoms with Gasteiger partial charge in [-0.1, -0.05) is 6.92 Å². The van der Waals surface area contributed by atoms with Gasteiger partial charge < -0.3 is 20.5 Å². The van der Waals surface area contributed by atoms with Gasteiger partial charge in [-0.05, 0) is 25.8 Å². The maximum absolute atomic E-state index is 12.3. The van der Waals surface area contributed by atoms with E-state index >= 15 is 0 Å². The second kappa shape index (κ2) is 6.93. The molecule has 0 aromatic carbocycles. The van der Waals surface area contributed by atoms with E-state index in [-0.39, 0.29) is 24.0 Å². The molecule has 0 aliphatic carbocycles. The van der Waals surface area contributed by atoms with Crippen LogP contribution in [0.15, 0.2) is 0 Å². The lowest BCUT2D eigenvalue weighted by Gasteiger charge is -2.28. The Balaban J connectivity index is 2.55. The zero-order valence-electron chi connectivity index (χ0n) is 10.8. The Labute approximate surface area is 103 Å². The Morgan fingerprint density at radius 2 is 2.41 bits per heavy atom. The quantitative estimate of drug-likeness (QED) is 0.584. The third-order valence-electron chi connectivity index (χ3n) is 3.58. The second-order valence-corrected chi connectivity index (χ2v) is 4.70. The number of aliphatic hydroxyl groups excluding tert-OH is 1. The fraction of sp³-hybridized carbons (Fsp3) is 0.917.